The summed E-state index contributed by atoms with van der Waals surface area (Å²) in [5, 5.41) is 12.3. The van der Waals surface area contributed by atoms with Crippen molar-refractivity contribution in [2.24, 2.45) is 5.92 Å². The summed E-state index contributed by atoms with van der Waals surface area (Å²) in [6.45, 7) is 1.85. The van der Waals surface area contributed by atoms with Crippen molar-refractivity contribution in [2.75, 3.05) is 13.1 Å². The molecule has 0 amide bonds. The van der Waals surface area contributed by atoms with Crippen LogP contribution in [0, 0.1) is 17.2 Å². The molecule has 2 atom stereocenters. The van der Waals surface area contributed by atoms with Crippen molar-refractivity contribution in [3.8, 4) is 6.07 Å². The number of hydrogen-bond donors (Lipinski definition) is 1. The Morgan fingerprint density at radius 2 is 2.07 bits per heavy atom. The minimum absolute atomic E-state index is 0.131. The van der Waals surface area contributed by atoms with Crippen LogP contribution in [0.5, 0.6) is 0 Å². The Balaban J connectivity index is 2.20. The lowest BCUT2D eigenvalue weighted by molar-refractivity contribution is 0.388. The van der Waals surface area contributed by atoms with Gasteiger partial charge in [0, 0.05) is 12.5 Å². The average Bonchev–Trinajstić information content (AvgIpc) is 2.30. The summed E-state index contributed by atoms with van der Waals surface area (Å²) in [5.74, 6) is 0.550. The van der Waals surface area contributed by atoms with Crippen LogP contribution in [0.15, 0.2) is 30.3 Å². The van der Waals surface area contributed by atoms with Crippen LogP contribution in [0.2, 0.25) is 0 Å². The lowest BCUT2D eigenvalue weighted by Gasteiger charge is -2.27. The summed E-state index contributed by atoms with van der Waals surface area (Å²) in [6, 6.07) is 12.8. The van der Waals surface area contributed by atoms with Gasteiger partial charge in [-0.2, -0.15) is 5.26 Å². The largest absolute Gasteiger partial charge is 0.315 e. The molecule has 14 heavy (non-hydrogen) atoms. The zero-order valence-electron chi connectivity index (χ0n) is 8.11. The van der Waals surface area contributed by atoms with Gasteiger partial charge < -0.3 is 5.32 Å². The highest BCUT2D eigenvalue weighted by atomic mass is 14.9. The zero-order chi connectivity index (χ0) is 9.80. The third kappa shape index (κ3) is 1.78. The molecule has 1 aliphatic rings. The monoisotopic (exact) mass is 186 g/mol. The summed E-state index contributed by atoms with van der Waals surface area (Å²) >= 11 is 0. The molecule has 0 aliphatic carbocycles. The second kappa shape index (κ2) is 4.26. The van der Waals surface area contributed by atoms with Crippen molar-refractivity contribution < 1.29 is 0 Å². The van der Waals surface area contributed by atoms with Crippen LogP contribution in [0.1, 0.15) is 17.9 Å². The van der Waals surface area contributed by atoms with Crippen LogP contribution >= 0.6 is 0 Å². The van der Waals surface area contributed by atoms with Crippen LogP contribution in [-0.4, -0.2) is 13.1 Å². The number of nitrogens with one attached hydrogen (secondary N) is 1. The summed E-state index contributed by atoms with van der Waals surface area (Å²) in [5.41, 5.74) is 1.31. The van der Waals surface area contributed by atoms with Gasteiger partial charge in [-0.25, -0.2) is 0 Å². The van der Waals surface area contributed by atoms with Gasteiger partial charge in [0.25, 0.3) is 0 Å². The molecule has 1 aromatic rings. The van der Waals surface area contributed by atoms with Gasteiger partial charge in [0.05, 0.1) is 12.0 Å². The van der Waals surface area contributed by atoms with Crippen LogP contribution in [0.3, 0.4) is 0 Å². The first-order chi connectivity index (χ1) is 6.92. The fourth-order valence-corrected chi connectivity index (χ4v) is 2.09. The van der Waals surface area contributed by atoms with E-state index in [9.17, 15) is 0 Å². The summed E-state index contributed by atoms with van der Waals surface area (Å²) < 4.78 is 0. The van der Waals surface area contributed by atoms with Gasteiger partial charge in [-0.1, -0.05) is 30.3 Å². The third-order valence-corrected chi connectivity index (χ3v) is 2.88. The van der Waals surface area contributed by atoms with Crippen molar-refractivity contribution in [1.29, 1.82) is 5.26 Å². The van der Waals surface area contributed by atoms with Gasteiger partial charge in [-0.05, 0) is 18.5 Å². The van der Waals surface area contributed by atoms with Gasteiger partial charge in [0.1, 0.15) is 0 Å². The fraction of sp³-hybridized carbons (Fsp3) is 0.417. The maximum atomic E-state index is 9.03. The van der Waals surface area contributed by atoms with E-state index in [0.29, 0.717) is 5.92 Å². The quantitative estimate of drug-likeness (QED) is 0.727. The molecular weight excluding hydrogens is 172 g/mol. The number of hydrogen-bond acceptors (Lipinski definition) is 2. The van der Waals surface area contributed by atoms with E-state index < -0.39 is 0 Å². The molecular formula is C12H14N2. The summed E-state index contributed by atoms with van der Waals surface area (Å²) in [6.07, 6.45) is 1.07. The highest BCUT2D eigenvalue weighted by Gasteiger charge is 2.25. The maximum Gasteiger partial charge on any atom is 0.0675 e. The SMILES string of the molecule is N#CC1CNCCC1c1ccccc1. The first kappa shape index (κ1) is 9.23. The lowest BCUT2D eigenvalue weighted by atomic mass is 9.82. The molecule has 2 unspecified atom stereocenters. The Morgan fingerprint density at radius 1 is 1.29 bits per heavy atom. The van der Waals surface area contributed by atoms with Crippen LogP contribution in [0.4, 0.5) is 0 Å². The zero-order valence-corrected chi connectivity index (χ0v) is 8.11. The number of rotatable bonds is 1. The predicted octanol–water partition coefficient (Wildman–Crippen LogP) is 1.90. The second-order valence-electron chi connectivity index (χ2n) is 3.75. The van der Waals surface area contributed by atoms with Gasteiger partial charge in [-0.15, -0.1) is 0 Å². The topological polar surface area (TPSA) is 35.8 Å². The molecule has 2 nitrogen and oxygen atoms in total. The average molecular weight is 186 g/mol. The van der Waals surface area contributed by atoms with Crippen molar-refractivity contribution in [3.05, 3.63) is 35.9 Å². The highest BCUT2D eigenvalue weighted by Crippen LogP contribution is 2.29. The molecule has 0 radical (unpaired) electrons. The van der Waals surface area contributed by atoms with E-state index in [1.165, 1.54) is 5.56 Å². The molecule has 1 N–H and O–H groups in total. The third-order valence-electron chi connectivity index (χ3n) is 2.88. The van der Waals surface area contributed by atoms with Gasteiger partial charge >= 0.3 is 0 Å². The Bertz CT molecular complexity index is 326. The first-order valence-corrected chi connectivity index (χ1v) is 5.07. The lowest BCUT2D eigenvalue weighted by Crippen LogP contribution is -2.34. The van der Waals surface area contributed by atoms with E-state index >= 15 is 0 Å². The number of nitrogens with zero attached hydrogens (tertiary/aromatic N) is 1. The fourth-order valence-electron chi connectivity index (χ4n) is 2.09. The number of benzene rings is 1. The summed E-state index contributed by atoms with van der Waals surface area (Å²) in [7, 11) is 0. The van der Waals surface area contributed by atoms with Gasteiger partial charge in [0.15, 0.2) is 0 Å². The van der Waals surface area contributed by atoms with Crippen molar-refractivity contribution in [1.82, 2.24) is 5.32 Å². The molecule has 0 bridgehead atoms. The minimum Gasteiger partial charge on any atom is -0.315 e. The predicted molar refractivity (Wildman–Crippen MR) is 55.8 cm³/mol. The maximum absolute atomic E-state index is 9.03. The van der Waals surface area contributed by atoms with E-state index in [4.69, 9.17) is 5.26 Å². The molecule has 2 heteroatoms. The van der Waals surface area contributed by atoms with E-state index in [-0.39, 0.29) is 5.92 Å². The number of piperidine rings is 1. The Morgan fingerprint density at radius 3 is 2.79 bits per heavy atom. The minimum atomic E-state index is 0.131. The Hall–Kier alpha value is -1.33. The summed E-state index contributed by atoms with van der Waals surface area (Å²) in [4.78, 5) is 0. The molecule has 1 heterocycles. The van der Waals surface area contributed by atoms with Gasteiger partial charge in [-0.3, -0.25) is 0 Å². The molecule has 2 rings (SSSR count). The van der Waals surface area contributed by atoms with E-state index in [1.54, 1.807) is 0 Å². The van der Waals surface area contributed by atoms with Crippen LogP contribution in [0.25, 0.3) is 0 Å². The smallest absolute Gasteiger partial charge is 0.0675 e. The molecule has 1 aromatic carbocycles. The molecule has 72 valence electrons. The second-order valence-corrected chi connectivity index (χ2v) is 3.75. The molecule has 1 aliphatic heterocycles. The Labute approximate surface area is 84.6 Å². The van der Waals surface area contributed by atoms with Crippen LogP contribution in [-0.2, 0) is 0 Å². The number of nitriles is 1. The molecule has 0 saturated carbocycles. The van der Waals surface area contributed by atoms with Crippen molar-refractivity contribution in [3.63, 3.8) is 0 Å². The van der Waals surface area contributed by atoms with Crippen LogP contribution < -0.4 is 5.32 Å². The van der Waals surface area contributed by atoms with Gasteiger partial charge in [0.2, 0.25) is 0 Å². The van der Waals surface area contributed by atoms with E-state index in [2.05, 4.69) is 23.5 Å². The van der Waals surface area contributed by atoms with Crippen molar-refractivity contribution >= 4 is 0 Å². The molecule has 1 saturated heterocycles. The molecule has 0 aromatic heterocycles. The van der Waals surface area contributed by atoms with E-state index in [1.807, 2.05) is 18.2 Å². The molecule has 0 spiro atoms. The first-order valence-electron chi connectivity index (χ1n) is 5.07. The van der Waals surface area contributed by atoms with E-state index in [0.717, 1.165) is 19.5 Å². The Kier molecular flexibility index (Phi) is 2.81. The van der Waals surface area contributed by atoms with Crippen molar-refractivity contribution in [2.45, 2.75) is 12.3 Å². The standard InChI is InChI=1S/C12H14N2/c13-8-11-9-14-7-6-12(11)10-4-2-1-3-5-10/h1-5,11-12,14H,6-7,9H2. The highest BCUT2D eigenvalue weighted by molar-refractivity contribution is 5.23. The molecule has 1 fully saturated rings. The normalized spacial score (nSPS) is 26.8.